The van der Waals surface area contributed by atoms with Crippen molar-refractivity contribution in [3.8, 4) is 0 Å². The van der Waals surface area contributed by atoms with Crippen molar-refractivity contribution in [2.75, 3.05) is 23.0 Å². The fourth-order valence-electron chi connectivity index (χ4n) is 3.94. The van der Waals surface area contributed by atoms with E-state index in [1.54, 1.807) is 26.9 Å². The Hall–Kier alpha value is -2.50. The molecular weight excluding hydrogens is 447 g/mol. The predicted octanol–water partition coefficient (Wildman–Crippen LogP) is 2.05. The molecule has 2 aromatic rings. The van der Waals surface area contributed by atoms with Crippen molar-refractivity contribution < 1.29 is 18.2 Å². The summed E-state index contributed by atoms with van der Waals surface area (Å²) >= 11 is 5.80. The van der Waals surface area contributed by atoms with Crippen LogP contribution < -0.4 is 14.9 Å². The van der Waals surface area contributed by atoms with Gasteiger partial charge in [-0.05, 0) is 25.1 Å². The van der Waals surface area contributed by atoms with Gasteiger partial charge in [0.25, 0.3) is 0 Å². The Balaban J connectivity index is 1.52. The molecule has 0 saturated carbocycles. The van der Waals surface area contributed by atoms with Gasteiger partial charge in [0.1, 0.15) is 23.1 Å². The number of rotatable bonds is 4. The number of hydrogen-bond acceptors (Lipinski definition) is 4. The van der Waals surface area contributed by atoms with E-state index in [2.05, 4.69) is 15.1 Å². The Bertz CT molecular complexity index is 1060. The second-order valence-corrected chi connectivity index (χ2v) is 9.39. The minimum Gasteiger partial charge on any atom is -0.314 e. The topological polar surface area (TPSA) is 99.6 Å². The molecule has 3 heterocycles. The molecule has 1 aromatic heterocycles. The number of aromatic nitrogens is 2. The predicted molar refractivity (Wildman–Crippen MR) is 117 cm³/mol. The fourth-order valence-corrected chi connectivity index (χ4v) is 4.81. The summed E-state index contributed by atoms with van der Waals surface area (Å²) in [7, 11) is -1.56. The van der Waals surface area contributed by atoms with E-state index in [9.17, 15) is 18.2 Å². The number of fused-ring (bicyclic) bond motifs is 1. The Morgan fingerprint density at radius 2 is 2.13 bits per heavy atom. The van der Waals surface area contributed by atoms with Crippen LogP contribution in [0.3, 0.4) is 0 Å². The molecule has 2 unspecified atom stereocenters. The molecule has 1 aromatic carbocycles. The van der Waals surface area contributed by atoms with Crippen molar-refractivity contribution in [1.29, 1.82) is 0 Å². The maximum absolute atomic E-state index is 13.4. The third-order valence-electron chi connectivity index (χ3n) is 5.43. The number of anilines is 2. The van der Waals surface area contributed by atoms with Gasteiger partial charge in [-0.2, -0.15) is 5.10 Å². The van der Waals surface area contributed by atoms with Crippen LogP contribution in [0.2, 0.25) is 5.02 Å². The third kappa shape index (κ3) is 4.43. The fraction of sp³-hybridized carbons (Fsp3) is 0.421. The Morgan fingerprint density at radius 3 is 2.84 bits per heavy atom. The number of nitrogens with one attached hydrogen (secondary N) is 2. The molecule has 2 aliphatic heterocycles. The lowest BCUT2D eigenvalue weighted by Gasteiger charge is -2.35. The number of carbonyl (C=O) groups excluding carboxylic acids is 2. The summed E-state index contributed by atoms with van der Waals surface area (Å²) in [5.74, 6) is -0.643. The summed E-state index contributed by atoms with van der Waals surface area (Å²) in [6.07, 6.45) is 3.46. The number of halogens is 2. The zero-order valence-electron chi connectivity index (χ0n) is 17.0. The zero-order valence-corrected chi connectivity index (χ0v) is 18.7. The normalized spacial score (nSPS) is 21.9. The monoisotopic (exact) mass is 469 g/mol. The van der Waals surface area contributed by atoms with Crippen LogP contribution >= 0.6 is 11.6 Å². The molecule has 2 aliphatic rings. The molecule has 166 valence electrons. The summed E-state index contributed by atoms with van der Waals surface area (Å²) in [4.78, 5) is 28.7. The molecule has 31 heavy (non-hydrogen) atoms. The van der Waals surface area contributed by atoms with Crippen molar-refractivity contribution in [1.82, 2.24) is 19.4 Å². The molecule has 0 bridgehead atoms. The molecule has 0 radical (unpaired) electrons. The molecule has 4 rings (SSSR count). The molecule has 0 aliphatic carbocycles. The summed E-state index contributed by atoms with van der Waals surface area (Å²) in [6.45, 7) is 3.02. The first-order valence-electron chi connectivity index (χ1n) is 9.77. The molecule has 12 heteroatoms. The summed E-state index contributed by atoms with van der Waals surface area (Å²) in [5.41, 5.74) is 1.79. The van der Waals surface area contributed by atoms with E-state index < -0.39 is 16.8 Å². The standard InChI is InChI=1S/C19H22ClFN6O3S/c1-11-8-27-17(10-25(11)19(29)23-12-3-4-15(21)14(20)5-12)16(7-22-27)26-9-13(6-18(26)28)24-31(2)30/h3-5,7,11,13H,6,8-10H2,1-2H3,(H,23,29)(H,24,30)/p+1/t11-,13?,31?/m0/s1. The second kappa shape index (κ2) is 8.56. The zero-order chi connectivity index (χ0) is 22.3. The van der Waals surface area contributed by atoms with Crippen LogP contribution in [0.5, 0.6) is 0 Å². The Labute approximate surface area is 186 Å². The SMILES string of the molecule is C[C@H]1Cn2ncc(N3CC(N[SH+](C)=O)CC3=O)c2CN1C(=O)Nc1ccc(F)c(Cl)c1. The van der Waals surface area contributed by atoms with Crippen LogP contribution in [0.4, 0.5) is 20.6 Å². The highest BCUT2D eigenvalue weighted by molar-refractivity contribution is 7.82. The first-order valence-corrected chi connectivity index (χ1v) is 11.9. The third-order valence-corrected chi connectivity index (χ3v) is 6.45. The van der Waals surface area contributed by atoms with E-state index in [0.717, 1.165) is 5.69 Å². The van der Waals surface area contributed by atoms with Crippen LogP contribution in [-0.2, 0) is 33.1 Å². The summed E-state index contributed by atoms with van der Waals surface area (Å²) in [6, 6.07) is 3.29. The molecule has 1 saturated heterocycles. The molecule has 0 spiro atoms. The lowest BCUT2D eigenvalue weighted by molar-refractivity contribution is -0.117. The Morgan fingerprint density at radius 1 is 1.35 bits per heavy atom. The highest BCUT2D eigenvalue weighted by atomic mass is 35.5. The smallest absolute Gasteiger partial charge is 0.314 e. The van der Waals surface area contributed by atoms with E-state index in [-0.39, 0.29) is 42.0 Å². The molecule has 2 N–H and O–H groups in total. The van der Waals surface area contributed by atoms with Crippen LogP contribution in [0.15, 0.2) is 24.4 Å². The van der Waals surface area contributed by atoms with E-state index in [1.165, 1.54) is 18.2 Å². The summed E-state index contributed by atoms with van der Waals surface area (Å²) in [5, 5.41) is 7.07. The van der Waals surface area contributed by atoms with E-state index in [4.69, 9.17) is 11.6 Å². The van der Waals surface area contributed by atoms with Gasteiger partial charge in [0, 0.05) is 18.7 Å². The van der Waals surface area contributed by atoms with Crippen molar-refractivity contribution in [2.45, 2.75) is 38.5 Å². The van der Waals surface area contributed by atoms with Gasteiger partial charge >= 0.3 is 6.03 Å². The van der Waals surface area contributed by atoms with Crippen LogP contribution in [-0.4, -0.2) is 51.5 Å². The molecule has 3 amide bonds. The summed E-state index contributed by atoms with van der Waals surface area (Å²) < 4.78 is 29.6. The number of carbonyl (C=O) groups is 2. The van der Waals surface area contributed by atoms with Gasteiger partial charge < -0.3 is 15.1 Å². The van der Waals surface area contributed by atoms with E-state index in [0.29, 0.717) is 24.5 Å². The average molecular weight is 470 g/mol. The molecule has 3 atom stereocenters. The number of thiol groups is 1. The highest BCUT2D eigenvalue weighted by Crippen LogP contribution is 2.30. The van der Waals surface area contributed by atoms with Gasteiger partial charge in [0.05, 0.1) is 47.8 Å². The van der Waals surface area contributed by atoms with Gasteiger partial charge in [0.2, 0.25) is 5.91 Å². The lowest BCUT2D eigenvalue weighted by Crippen LogP contribution is -2.47. The maximum atomic E-state index is 13.4. The molecular formula is C19H23ClFN6O3S+. The van der Waals surface area contributed by atoms with Crippen molar-refractivity contribution in [3.63, 3.8) is 0 Å². The van der Waals surface area contributed by atoms with Crippen LogP contribution in [0.25, 0.3) is 0 Å². The van der Waals surface area contributed by atoms with Crippen LogP contribution in [0, 0.1) is 5.82 Å². The Kier molecular flexibility index (Phi) is 6.00. The molecule has 1 fully saturated rings. The highest BCUT2D eigenvalue weighted by Gasteiger charge is 2.37. The number of nitrogens with zero attached hydrogens (tertiary/aromatic N) is 4. The minimum atomic E-state index is -1.56. The van der Waals surface area contributed by atoms with Gasteiger partial charge in [-0.25, -0.2) is 9.18 Å². The van der Waals surface area contributed by atoms with Gasteiger partial charge in [-0.1, -0.05) is 15.8 Å². The first kappa shape index (κ1) is 21.7. The van der Waals surface area contributed by atoms with Crippen molar-refractivity contribution >= 4 is 45.9 Å². The maximum Gasteiger partial charge on any atom is 0.322 e. The average Bonchev–Trinajstić information content (AvgIpc) is 3.25. The largest absolute Gasteiger partial charge is 0.322 e. The minimum absolute atomic E-state index is 0.0746. The van der Waals surface area contributed by atoms with Crippen molar-refractivity contribution in [3.05, 3.63) is 40.9 Å². The van der Waals surface area contributed by atoms with E-state index in [1.807, 2.05) is 6.92 Å². The number of benzene rings is 1. The number of amides is 3. The molecule has 9 nitrogen and oxygen atoms in total. The van der Waals surface area contributed by atoms with Gasteiger partial charge in [0.15, 0.2) is 0 Å². The van der Waals surface area contributed by atoms with E-state index >= 15 is 0 Å². The van der Waals surface area contributed by atoms with Gasteiger partial charge in [-0.3, -0.25) is 9.48 Å². The quantitative estimate of drug-likeness (QED) is 0.528. The van der Waals surface area contributed by atoms with Crippen LogP contribution in [0.1, 0.15) is 19.0 Å². The van der Waals surface area contributed by atoms with Crippen molar-refractivity contribution in [2.24, 2.45) is 0 Å². The van der Waals surface area contributed by atoms with Gasteiger partial charge in [-0.15, -0.1) is 4.72 Å². The lowest BCUT2D eigenvalue weighted by atomic mass is 10.2. The number of urea groups is 1. The second-order valence-electron chi connectivity index (χ2n) is 7.73. The first-order chi connectivity index (χ1) is 14.7. The number of hydrogen-bond donors (Lipinski definition) is 2.